The Hall–Kier alpha value is -1.45. The molecule has 0 bridgehead atoms. The molecule has 2 aromatic carbocycles. The van der Waals surface area contributed by atoms with Crippen LogP contribution in [0.1, 0.15) is 21.5 Å². The quantitative estimate of drug-likeness (QED) is 0.729. The zero-order chi connectivity index (χ0) is 16.3. The predicted octanol–water partition coefficient (Wildman–Crippen LogP) is 2.18. The monoisotopic (exact) mass is 430 g/mol. The van der Waals surface area contributed by atoms with Gasteiger partial charge < -0.3 is 5.32 Å². The number of hydrogen-bond acceptors (Lipinski definition) is 3. The SMILES string of the molecule is Cc1ccc(C(=O)NCc2ccc(S(N)(=O)=O)cc2)cc1I. The van der Waals surface area contributed by atoms with Crippen LogP contribution in [0.25, 0.3) is 0 Å². The summed E-state index contributed by atoms with van der Waals surface area (Å²) in [6.07, 6.45) is 0. The number of amides is 1. The highest BCUT2D eigenvalue weighted by atomic mass is 127. The molecule has 0 heterocycles. The van der Waals surface area contributed by atoms with E-state index in [1.54, 1.807) is 18.2 Å². The second kappa shape index (κ2) is 6.76. The molecule has 3 N–H and O–H groups in total. The Morgan fingerprint density at radius 1 is 1.18 bits per heavy atom. The lowest BCUT2D eigenvalue weighted by atomic mass is 10.1. The van der Waals surface area contributed by atoms with Crippen molar-refractivity contribution in [3.8, 4) is 0 Å². The van der Waals surface area contributed by atoms with Crippen molar-refractivity contribution >= 4 is 38.5 Å². The van der Waals surface area contributed by atoms with Crippen molar-refractivity contribution < 1.29 is 13.2 Å². The van der Waals surface area contributed by atoms with Crippen LogP contribution in [0.2, 0.25) is 0 Å². The van der Waals surface area contributed by atoms with E-state index in [1.165, 1.54) is 12.1 Å². The number of halogens is 1. The first-order chi connectivity index (χ1) is 10.3. The number of nitrogens with two attached hydrogens (primary N) is 1. The fraction of sp³-hybridized carbons (Fsp3) is 0.133. The van der Waals surface area contributed by atoms with E-state index in [-0.39, 0.29) is 10.8 Å². The Kier molecular flexibility index (Phi) is 5.20. The number of nitrogens with one attached hydrogen (secondary N) is 1. The molecule has 0 saturated heterocycles. The molecule has 5 nitrogen and oxygen atoms in total. The van der Waals surface area contributed by atoms with Crippen LogP contribution in [0.5, 0.6) is 0 Å². The van der Waals surface area contributed by atoms with Crippen molar-refractivity contribution in [3.05, 3.63) is 62.7 Å². The van der Waals surface area contributed by atoms with Crippen molar-refractivity contribution in [1.82, 2.24) is 5.32 Å². The van der Waals surface area contributed by atoms with Gasteiger partial charge in [0.15, 0.2) is 0 Å². The molecule has 116 valence electrons. The molecule has 0 aliphatic heterocycles. The average molecular weight is 430 g/mol. The van der Waals surface area contributed by atoms with Crippen LogP contribution in [0, 0.1) is 10.5 Å². The maximum atomic E-state index is 12.1. The number of benzene rings is 2. The lowest BCUT2D eigenvalue weighted by Crippen LogP contribution is -2.23. The molecule has 0 atom stereocenters. The van der Waals surface area contributed by atoms with Crippen molar-refractivity contribution in [2.45, 2.75) is 18.4 Å². The Morgan fingerprint density at radius 3 is 2.36 bits per heavy atom. The van der Waals surface area contributed by atoms with Gasteiger partial charge in [0.1, 0.15) is 0 Å². The molecule has 0 spiro atoms. The molecule has 22 heavy (non-hydrogen) atoms. The number of aryl methyl sites for hydroxylation is 1. The Labute approximate surface area is 143 Å². The highest BCUT2D eigenvalue weighted by molar-refractivity contribution is 14.1. The van der Waals surface area contributed by atoms with E-state index in [2.05, 4.69) is 27.9 Å². The van der Waals surface area contributed by atoms with E-state index >= 15 is 0 Å². The molecular formula is C15H15IN2O3S. The number of carbonyl (C=O) groups excluding carboxylic acids is 1. The summed E-state index contributed by atoms with van der Waals surface area (Å²) in [6, 6.07) is 11.6. The highest BCUT2D eigenvalue weighted by Gasteiger charge is 2.09. The summed E-state index contributed by atoms with van der Waals surface area (Å²) in [4.78, 5) is 12.1. The molecule has 0 aliphatic rings. The summed E-state index contributed by atoms with van der Waals surface area (Å²) in [6.45, 7) is 2.30. The summed E-state index contributed by atoms with van der Waals surface area (Å²) in [5.41, 5.74) is 2.51. The van der Waals surface area contributed by atoms with Crippen LogP contribution in [-0.4, -0.2) is 14.3 Å². The summed E-state index contributed by atoms with van der Waals surface area (Å²) in [5.74, 6) is -0.173. The van der Waals surface area contributed by atoms with Crippen LogP contribution in [-0.2, 0) is 16.6 Å². The van der Waals surface area contributed by atoms with Crippen molar-refractivity contribution in [2.24, 2.45) is 5.14 Å². The largest absolute Gasteiger partial charge is 0.348 e. The third kappa shape index (κ3) is 4.28. The third-order valence-corrected chi connectivity index (χ3v) is 5.23. The standard InChI is InChI=1S/C15H15IN2O3S/c1-10-2-5-12(8-14(10)16)15(19)18-9-11-3-6-13(7-4-11)22(17,20)21/h2-8H,9H2,1H3,(H,18,19)(H2,17,20,21). The van der Waals surface area contributed by atoms with Gasteiger partial charge in [-0.25, -0.2) is 13.6 Å². The van der Waals surface area contributed by atoms with Gasteiger partial charge in [-0.3, -0.25) is 4.79 Å². The zero-order valence-electron chi connectivity index (χ0n) is 11.8. The second-order valence-electron chi connectivity index (χ2n) is 4.84. The molecule has 0 fully saturated rings. The Bertz CT molecular complexity index is 802. The van der Waals surface area contributed by atoms with E-state index in [9.17, 15) is 13.2 Å². The molecule has 2 aromatic rings. The first-order valence-corrected chi connectivity index (χ1v) is 9.06. The molecule has 0 saturated carbocycles. The molecule has 0 unspecified atom stereocenters. The van der Waals surface area contributed by atoms with Gasteiger partial charge in [-0.1, -0.05) is 18.2 Å². The highest BCUT2D eigenvalue weighted by Crippen LogP contribution is 2.14. The van der Waals surface area contributed by atoms with Gasteiger partial charge in [0.05, 0.1) is 4.90 Å². The van der Waals surface area contributed by atoms with Crippen LogP contribution in [0.15, 0.2) is 47.4 Å². The fourth-order valence-electron chi connectivity index (χ4n) is 1.82. The number of rotatable bonds is 4. The van der Waals surface area contributed by atoms with Crippen LogP contribution in [0.4, 0.5) is 0 Å². The number of hydrogen-bond donors (Lipinski definition) is 2. The van der Waals surface area contributed by atoms with Crippen LogP contribution >= 0.6 is 22.6 Å². The minimum atomic E-state index is -3.69. The zero-order valence-corrected chi connectivity index (χ0v) is 14.8. The van der Waals surface area contributed by atoms with E-state index in [0.717, 1.165) is 14.7 Å². The van der Waals surface area contributed by atoms with E-state index < -0.39 is 10.0 Å². The van der Waals surface area contributed by atoms with Crippen LogP contribution < -0.4 is 10.5 Å². The number of carbonyl (C=O) groups is 1. The molecule has 0 aliphatic carbocycles. The number of primary sulfonamides is 1. The first kappa shape index (κ1) is 16.9. The third-order valence-electron chi connectivity index (χ3n) is 3.14. The Balaban J connectivity index is 2.03. The van der Waals surface area contributed by atoms with E-state index in [0.29, 0.717) is 12.1 Å². The van der Waals surface area contributed by atoms with E-state index in [4.69, 9.17) is 5.14 Å². The molecule has 0 aromatic heterocycles. The summed E-state index contributed by atoms with van der Waals surface area (Å²) in [7, 11) is -3.69. The van der Waals surface area contributed by atoms with Gasteiger partial charge in [-0.15, -0.1) is 0 Å². The lowest BCUT2D eigenvalue weighted by molar-refractivity contribution is 0.0951. The topological polar surface area (TPSA) is 89.3 Å². The lowest BCUT2D eigenvalue weighted by Gasteiger charge is -2.07. The normalized spacial score (nSPS) is 11.2. The van der Waals surface area contributed by atoms with Gasteiger partial charge in [0.25, 0.3) is 5.91 Å². The van der Waals surface area contributed by atoms with Gasteiger partial charge >= 0.3 is 0 Å². The Morgan fingerprint density at radius 2 is 1.82 bits per heavy atom. The summed E-state index contributed by atoms with van der Waals surface area (Å²) >= 11 is 2.19. The van der Waals surface area contributed by atoms with Gasteiger partial charge in [0, 0.05) is 15.7 Å². The molecule has 0 radical (unpaired) electrons. The van der Waals surface area contributed by atoms with Gasteiger partial charge in [-0.2, -0.15) is 0 Å². The smallest absolute Gasteiger partial charge is 0.251 e. The molecule has 1 amide bonds. The summed E-state index contributed by atoms with van der Waals surface area (Å²) in [5, 5.41) is 7.83. The van der Waals surface area contributed by atoms with Crippen LogP contribution in [0.3, 0.4) is 0 Å². The fourth-order valence-corrected chi connectivity index (χ4v) is 2.85. The van der Waals surface area contributed by atoms with Gasteiger partial charge in [-0.05, 0) is 64.9 Å². The predicted molar refractivity (Wildman–Crippen MR) is 92.9 cm³/mol. The minimum Gasteiger partial charge on any atom is -0.348 e. The van der Waals surface area contributed by atoms with Crippen molar-refractivity contribution in [2.75, 3.05) is 0 Å². The minimum absolute atomic E-state index is 0.0515. The molecule has 7 heteroatoms. The maximum Gasteiger partial charge on any atom is 0.251 e. The molecule has 2 rings (SSSR count). The summed E-state index contributed by atoms with van der Waals surface area (Å²) < 4.78 is 23.4. The van der Waals surface area contributed by atoms with E-state index in [1.807, 2.05) is 19.1 Å². The molecular weight excluding hydrogens is 415 g/mol. The second-order valence-corrected chi connectivity index (χ2v) is 7.56. The van der Waals surface area contributed by atoms with Gasteiger partial charge in [0.2, 0.25) is 10.0 Å². The average Bonchev–Trinajstić information content (AvgIpc) is 2.47. The van der Waals surface area contributed by atoms with Crippen molar-refractivity contribution in [1.29, 1.82) is 0 Å². The maximum absolute atomic E-state index is 12.1. The number of sulfonamides is 1. The van der Waals surface area contributed by atoms with Crippen molar-refractivity contribution in [3.63, 3.8) is 0 Å². The first-order valence-electron chi connectivity index (χ1n) is 6.43.